The van der Waals surface area contributed by atoms with Crippen molar-refractivity contribution >= 4 is 40.9 Å². The molecule has 0 aliphatic heterocycles. The maximum atomic E-state index is 11.8. The third-order valence-corrected chi connectivity index (χ3v) is 3.82. The lowest BCUT2D eigenvalue weighted by molar-refractivity contribution is -0.141. The van der Waals surface area contributed by atoms with Gasteiger partial charge in [0.2, 0.25) is 0 Å². The molecule has 1 aromatic carbocycles. The molecule has 1 aromatic rings. The van der Waals surface area contributed by atoms with E-state index in [2.05, 4.69) is 10.6 Å². The van der Waals surface area contributed by atoms with E-state index in [0.717, 1.165) is 12.0 Å². The predicted molar refractivity (Wildman–Crippen MR) is 84.3 cm³/mol. The van der Waals surface area contributed by atoms with E-state index in [0.29, 0.717) is 22.2 Å². The molecule has 2 amide bonds. The fraction of sp³-hybridized carbons (Fsp3) is 0.429. The molecule has 1 unspecified atom stereocenters. The molecule has 0 aliphatic carbocycles. The second-order valence-corrected chi connectivity index (χ2v) is 5.50. The number of carboxylic acid groups (broad SMARTS) is 1. The van der Waals surface area contributed by atoms with Crippen molar-refractivity contribution in [3.05, 3.63) is 27.7 Å². The molecule has 0 aromatic heterocycles. The Kier molecular flexibility index (Phi) is 6.78. The highest BCUT2D eigenvalue weighted by Crippen LogP contribution is 2.32. The summed E-state index contributed by atoms with van der Waals surface area (Å²) < 4.78 is 0. The van der Waals surface area contributed by atoms with E-state index in [1.807, 2.05) is 6.92 Å². The van der Waals surface area contributed by atoms with Crippen LogP contribution in [0.2, 0.25) is 10.0 Å². The van der Waals surface area contributed by atoms with Crippen LogP contribution in [0, 0.1) is 12.8 Å². The van der Waals surface area contributed by atoms with Crippen molar-refractivity contribution in [1.82, 2.24) is 5.32 Å². The number of aryl methyl sites for hydroxylation is 1. The van der Waals surface area contributed by atoms with Crippen molar-refractivity contribution in [1.29, 1.82) is 0 Å². The van der Waals surface area contributed by atoms with Crippen molar-refractivity contribution in [2.45, 2.75) is 26.7 Å². The number of hydrogen-bond acceptors (Lipinski definition) is 2. The molecule has 21 heavy (non-hydrogen) atoms. The number of halogens is 2. The van der Waals surface area contributed by atoms with Crippen molar-refractivity contribution in [3.8, 4) is 0 Å². The monoisotopic (exact) mass is 332 g/mol. The fourth-order valence-corrected chi connectivity index (χ4v) is 2.27. The largest absolute Gasteiger partial charge is 0.481 e. The number of hydrogen-bond donors (Lipinski definition) is 3. The lowest BCUT2D eigenvalue weighted by atomic mass is 10.0. The Morgan fingerprint density at radius 2 is 2.00 bits per heavy atom. The van der Waals surface area contributed by atoms with Crippen LogP contribution in [0.4, 0.5) is 10.5 Å². The molecule has 0 bridgehead atoms. The lowest BCUT2D eigenvalue weighted by Gasteiger charge is -2.15. The van der Waals surface area contributed by atoms with Crippen LogP contribution in [0.15, 0.2) is 12.1 Å². The quantitative estimate of drug-likeness (QED) is 0.738. The SMILES string of the molecule is CCCC(CNC(=O)Nc1c(Cl)ccc(C)c1Cl)C(=O)O. The number of carbonyl (C=O) groups is 2. The Hall–Kier alpha value is -1.46. The number of nitrogens with one attached hydrogen (secondary N) is 2. The summed E-state index contributed by atoms with van der Waals surface area (Å²) in [5.41, 5.74) is 1.10. The van der Waals surface area contributed by atoms with Gasteiger partial charge in [-0.05, 0) is 25.0 Å². The Morgan fingerprint density at radius 1 is 1.33 bits per heavy atom. The normalized spacial score (nSPS) is 11.8. The van der Waals surface area contributed by atoms with Gasteiger partial charge >= 0.3 is 12.0 Å². The van der Waals surface area contributed by atoms with Crippen LogP contribution in [-0.2, 0) is 4.79 Å². The van der Waals surface area contributed by atoms with E-state index in [-0.39, 0.29) is 6.54 Å². The van der Waals surface area contributed by atoms with Gasteiger partial charge in [0.1, 0.15) is 0 Å². The van der Waals surface area contributed by atoms with Crippen LogP contribution < -0.4 is 10.6 Å². The third-order valence-electron chi connectivity index (χ3n) is 3.02. The molecule has 0 aliphatic rings. The standard InChI is InChI=1S/C14H18Cl2N2O3/c1-3-4-9(13(19)20)7-17-14(21)18-12-10(15)6-5-8(2)11(12)16/h5-6,9H,3-4,7H2,1-2H3,(H,19,20)(H2,17,18,21). The zero-order chi connectivity index (χ0) is 16.0. The molecule has 0 saturated carbocycles. The summed E-state index contributed by atoms with van der Waals surface area (Å²) in [6, 6.07) is 2.84. The van der Waals surface area contributed by atoms with Crippen LogP contribution in [0.1, 0.15) is 25.3 Å². The van der Waals surface area contributed by atoms with Crippen molar-refractivity contribution in [3.63, 3.8) is 0 Å². The first kappa shape index (κ1) is 17.6. The van der Waals surface area contributed by atoms with E-state index < -0.39 is 17.9 Å². The molecule has 0 saturated heterocycles. The minimum absolute atomic E-state index is 0.0516. The van der Waals surface area contributed by atoms with Gasteiger partial charge in [0.25, 0.3) is 0 Å². The van der Waals surface area contributed by atoms with Crippen molar-refractivity contribution in [2.24, 2.45) is 5.92 Å². The second kappa shape index (κ2) is 8.10. The molecule has 116 valence electrons. The Labute approximate surface area is 133 Å². The molecular formula is C14H18Cl2N2O3. The molecule has 0 spiro atoms. The molecule has 1 rings (SSSR count). The summed E-state index contributed by atoms with van der Waals surface area (Å²) in [4.78, 5) is 22.8. The van der Waals surface area contributed by atoms with Crippen molar-refractivity contribution < 1.29 is 14.7 Å². The number of anilines is 1. The van der Waals surface area contributed by atoms with E-state index in [4.69, 9.17) is 28.3 Å². The van der Waals surface area contributed by atoms with Crippen LogP contribution >= 0.6 is 23.2 Å². The van der Waals surface area contributed by atoms with Gasteiger partial charge in [0.05, 0.1) is 21.7 Å². The second-order valence-electron chi connectivity index (χ2n) is 4.71. The Balaban J connectivity index is 2.66. The first-order chi connectivity index (χ1) is 9.86. The maximum Gasteiger partial charge on any atom is 0.319 e. The summed E-state index contributed by atoms with van der Waals surface area (Å²) in [6.07, 6.45) is 1.23. The van der Waals surface area contributed by atoms with E-state index in [9.17, 15) is 9.59 Å². The van der Waals surface area contributed by atoms with Crippen LogP contribution in [0.3, 0.4) is 0 Å². The van der Waals surface area contributed by atoms with E-state index in [1.165, 1.54) is 0 Å². The van der Waals surface area contributed by atoms with Gasteiger partial charge in [-0.3, -0.25) is 4.79 Å². The minimum atomic E-state index is -0.927. The molecule has 3 N–H and O–H groups in total. The minimum Gasteiger partial charge on any atom is -0.481 e. The highest BCUT2D eigenvalue weighted by molar-refractivity contribution is 6.40. The number of urea groups is 1. The van der Waals surface area contributed by atoms with Gasteiger partial charge in [-0.15, -0.1) is 0 Å². The number of carboxylic acids is 1. The van der Waals surface area contributed by atoms with E-state index >= 15 is 0 Å². The molecule has 0 radical (unpaired) electrons. The van der Waals surface area contributed by atoms with Crippen LogP contribution in [0.25, 0.3) is 0 Å². The number of amides is 2. The zero-order valence-electron chi connectivity index (χ0n) is 11.9. The van der Waals surface area contributed by atoms with Crippen LogP contribution in [0.5, 0.6) is 0 Å². The first-order valence-corrected chi connectivity index (χ1v) is 7.34. The number of aliphatic carboxylic acids is 1. The average molecular weight is 333 g/mol. The van der Waals surface area contributed by atoms with E-state index in [1.54, 1.807) is 19.1 Å². The van der Waals surface area contributed by atoms with Gasteiger partial charge in [0.15, 0.2) is 0 Å². The maximum absolute atomic E-state index is 11.8. The van der Waals surface area contributed by atoms with Gasteiger partial charge in [-0.2, -0.15) is 0 Å². The van der Waals surface area contributed by atoms with Gasteiger partial charge in [-0.25, -0.2) is 4.79 Å². The first-order valence-electron chi connectivity index (χ1n) is 6.59. The van der Waals surface area contributed by atoms with Crippen molar-refractivity contribution in [2.75, 3.05) is 11.9 Å². The fourth-order valence-electron chi connectivity index (χ4n) is 1.81. The molecule has 0 fully saturated rings. The van der Waals surface area contributed by atoms with Gasteiger partial charge in [-0.1, -0.05) is 42.6 Å². The average Bonchev–Trinajstić information content (AvgIpc) is 2.43. The Morgan fingerprint density at radius 3 is 2.57 bits per heavy atom. The summed E-state index contributed by atoms with van der Waals surface area (Å²) in [5, 5.41) is 14.8. The topological polar surface area (TPSA) is 78.4 Å². The summed E-state index contributed by atoms with van der Waals surface area (Å²) in [7, 11) is 0. The molecule has 5 nitrogen and oxygen atoms in total. The summed E-state index contributed by atoms with van der Waals surface area (Å²) >= 11 is 12.1. The zero-order valence-corrected chi connectivity index (χ0v) is 13.4. The summed E-state index contributed by atoms with van der Waals surface area (Å²) in [5.74, 6) is -1.53. The number of carbonyl (C=O) groups excluding carboxylic acids is 1. The van der Waals surface area contributed by atoms with Gasteiger partial charge in [0, 0.05) is 6.54 Å². The third kappa shape index (κ3) is 5.10. The molecular weight excluding hydrogens is 315 g/mol. The lowest BCUT2D eigenvalue weighted by Crippen LogP contribution is -2.35. The highest BCUT2D eigenvalue weighted by atomic mass is 35.5. The smallest absolute Gasteiger partial charge is 0.319 e. The summed E-state index contributed by atoms with van der Waals surface area (Å²) in [6.45, 7) is 3.74. The van der Waals surface area contributed by atoms with Crippen LogP contribution in [-0.4, -0.2) is 23.7 Å². The number of rotatable bonds is 6. The predicted octanol–water partition coefficient (Wildman–Crippen LogP) is 3.92. The molecule has 7 heteroatoms. The molecule has 0 heterocycles. The van der Waals surface area contributed by atoms with Gasteiger partial charge < -0.3 is 15.7 Å². The Bertz CT molecular complexity index is 535. The molecule has 1 atom stereocenters. The highest BCUT2D eigenvalue weighted by Gasteiger charge is 2.18. The number of benzene rings is 1.